The van der Waals surface area contributed by atoms with Crippen molar-refractivity contribution in [2.45, 2.75) is 6.42 Å². The Hall–Kier alpha value is -2.89. The van der Waals surface area contributed by atoms with Gasteiger partial charge in [-0.25, -0.2) is 0 Å². The van der Waals surface area contributed by atoms with E-state index in [1.54, 1.807) is 0 Å². The Morgan fingerprint density at radius 2 is 1.65 bits per heavy atom. The number of aromatic hydroxyl groups is 3. The molecule has 0 aliphatic rings. The smallest absolute Gasteiger partial charge is 0.167 e. The maximum Gasteiger partial charge on any atom is 0.167 e. The zero-order valence-corrected chi connectivity index (χ0v) is 10.3. The van der Waals surface area contributed by atoms with E-state index >= 15 is 0 Å². The quantitative estimate of drug-likeness (QED) is 0.451. The molecule has 0 saturated carbocycles. The lowest BCUT2D eigenvalue weighted by Crippen LogP contribution is -2.03. The van der Waals surface area contributed by atoms with Crippen molar-refractivity contribution in [2.24, 2.45) is 5.18 Å². The molecule has 2 aromatic rings. The van der Waals surface area contributed by atoms with Crippen LogP contribution in [-0.4, -0.2) is 21.1 Å². The van der Waals surface area contributed by atoms with Crippen molar-refractivity contribution < 1.29 is 20.1 Å². The average Bonchev–Trinajstić information content (AvgIpc) is 2.43. The highest BCUT2D eigenvalue weighted by atomic mass is 16.3. The number of nitrogens with zero attached hydrogens (tertiary/aromatic N) is 1. The number of Topliss-reactive ketones (excluding diaryl/α,β-unsaturated/α-hetero) is 1. The highest BCUT2D eigenvalue weighted by Crippen LogP contribution is 2.28. The fourth-order valence-corrected chi connectivity index (χ4v) is 1.74. The van der Waals surface area contributed by atoms with Gasteiger partial charge in [0, 0.05) is 12.0 Å². The van der Waals surface area contributed by atoms with Gasteiger partial charge in [-0.1, -0.05) is 6.07 Å². The predicted molar refractivity (Wildman–Crippen MR) is 71.4 cm³/mol. The van der Waals surface area contributed by atoms with Gasteiger partial charge in [0.1, 0.15) is 11.4 Å². The Balaban J connectivity index is 2.23. The van der Waals surface area contributed by atoms with E-state index in [0.717, 1.165) is 0 Å². The van der Waals surface area contributed by atoms with Crippen molar-refractivity contribution in [3.63, 3.8) is 0 Å². The molecule has 0 bridgehead atoms. The van der Waals surface area contributed by atoms with Crippen LogP contribution < -0.4 is 0 Å². The van der Waals surface area contributed by atoms with Crippen molar-refractivity contribution in [3.8, 4) is 17.2 Å². The summed E-state index contributed by atoms with van der Waals surface area (Å²) in [7, 11) is 0. The normalized spacial score (nSPS) is 10.2. The molecule has 20 heavy (non-hydrogen) atoms. The number of nitroso groups, excluding NO2 is 1. The molecule has 0 aliphatic heterocycles. The topological polar surface area (TPSA) is 107 Å². The number of carbonyl (C=O) groups is 1. The zero-order valence-electron chi connectivity index (χ0n) is 10.3. The van der Waals surface area contributed by atoms with E-state index in [0.29, 0.717) is 5.56 Å². The molecule has 0 atom stereocenters. The van der Waals surface area contributed by atoms with Crippen molar-refractivity contribution in [2.75, 3.05) is 0 Å². The number of benzene rings is 2. The summed E-state index contributed by atoms with van der Waals surface area (Å²) in [6, 6.07) is 7.88. The Morgan fingerprint density at radius 1 is 0.950 bits per heavy atom. The number of phenols is 3. The van der Waals surface area contributed by atoms with Crippen LogP contribution in [0.3, 0.4) is 0 Å². The molecule has 0 aliphatic carbocycles. The predicted octanol–water partition coefficient (Wildman–Crippen LogP) is 2.63. The van der Waals surface area contributed by atoms with Gasteiger partial charge in [0.2, 0.25) is 0 Å². The molecule has 0 fully saturated rings. The molecule has 6 heteroatoms. The van der Waals surface area contributed by atoms with Crippen LogP contribution in [0.1, 0.15) is 15.9 Å². The molecule has 0 unspecified atom stereocenters. The van der Waals surface area contributed by atoms with Crippen LogP contribution in [0.15, 0.2) is 41.6 Å². The summed E-state index contributed by atoms with van der Waals surface area (Å²) in [6.07, 6.45) is -0.0170. The molecule has 0 aromatic heterocycles. The van der Waals surface area contributed by atoms with E-state index in [1.165, 1.54) is 36.4 Å². The van der Waals surface area contributed by atoms with Crippen molar-refractivity contribution in [1.29, 1.82) is 0 Å². The summed E-state index contributed by atoms with van der Waals surface area (Å²) in [5.41, 5.74) is 0.536. The summed E-state index contributed by atoms with van der Waals surface area (Å²) in [6.45, 7) is 0. The van der Waals surface area contributed by atoms with Crippen molar-refractivity contribution in [1.82, 2.24) is 0 Å². The third-order valence-electron chi connectivity index (χ3n) is 2.80. The number of rotatable bonds is 4. The standard InChI is InChI=1S/C14H11NO5/c16-11-4-2-9(7-10(11)15-20)13(18)5-8-1-3-12(17)14(19)6-8/h1-4,6-7,16-17,19H,5H2. The minimum absolute atomic E-state index is 0.0170. The van der Waals surface area contributed by atoms with E-state index in [9.17, 15) is 25.0 Å². The SMILES string of the molecule is O=Nc1cc(C(=O)Cc2ccc(O)c(O)c2)ccc1O. The Bertz CT molecular complexity index is 681. The van der Waals surface area contributed by atoms with Gasteiger partial charge < -0.3 is 15.3 Å². The molecule has 0 saturated heterocycles. The van der Waals surface area contributed by atoms with Gasteiger partial charge in [-0.2, -0.15) is 0 Å². The molecule has 2 rings (SSSR count). The highest BCUT2D eigenvalue weighted by molar-refractivity contribution is 5.98. The monoisotopic (exact) mass is 273 g/mol. The molecule has 6 nitrogen and oxygen atoms in total. The molecule has 2 aromatic carbocycles. The van der Waals surface area contributed by atoms with E-state index in [2.05, 4.69) is 5.18 Å². The van der Waals surface area contributed by atoms with Crippen LogP contribution >= 0.6 is 0 Å². The third kappa shape index (κ3) is 2.74. The molecule has 102 valence electrons. The van der Waals surface area contributed by atoms with Gasteiger partial charge in [0.25, 0.3) is 0 Å². The van der Waals surface area contributed by atoms with Crippen LogP contribution in [0, 0.1) is 4.91 Å². The fourth-order valence-electron chi connectivity index (χ4n) is 1.74. The first kappa shape index (κ1) is 13.5. The average molecular weight is 273 g/mol. The fraction of sp³-hybridized carbons (Fsp3) is 0.0714. The van der Waals surface area contributed by atoms with E-state index in [1.807, 2.05) is 0 Å². The Kier molecular flexibility index (Phi) is 3.65. The second kappa shape index (κ2) is 5.40. The van der Waals surface area contributed by atoms with Crippen LogP contribution in [0.4, 0.5) is 5.69 Å². The zero-order chi connectivity index (χ0) is 14.7. The maximum absolute atomic E-state index is 12.0. The van der Waals surface area contributed by atoms with Crippen LogP contribution in [0.25, 0.3) is 0 Å². The van der Waals surface area contributed by atoms with Gasteiger partial charge in [-0.05, 0) is 41.1 Å². The molecule has 0 amide bonds. The minimum Gasteiger partial charge on any atom is -0.506 e. The van der Waals surface area contributed by atoms with Crippen LogP contribution in [-0.2, 0) is 6.42 Å². The number of ketones is 1. The third-order valence-corrected chi connectivity index (χ3v) is 2.80. The number of phenolic OH excluding ortho intramolecular Hbond substituents is 3. The summed E-state index contributed by atoms with van der Waals surface area (Å²) < 4.78 is 0. The van der Waals surface area contributed by atoms with E-state index in [-0.39, 0.29) is 40.7 Å². The maximum atomic E-state index is 12.0. The van der Waals surface area contributed by atoms with Crippen LogP contribution in [0.2, 0.25) is 0 Å². The van der Waals surface area contributed by atoms with Gasteiger partial charge >= 0.3 is 0 Å². The minimum atomic E-state index is -0.309. The van der Waals surface area contributed by atoms with Crippen molar-refractivity contribution in [3.05, 3.63) is 52.4 Å². The summed E-state index contributed by atoms with van der Waals surface area (Å²) in [5, 5.41) is 30.5. The summed E-state index contributed by atoms with van der Waals surface area (Å²) >= 11 is 0. The second-order valence-corrected chi connectivity index (χ2v) is 4.22. The Morgan fingerprint density at radius 3 is 2.30 bits per heavy atom. The molecule has 3 N–H and O–H groups in total. The first-order valence-electron chi connectivity index (χ1n) is 5.71. The van der Waals surface area contributed by atoms with Gasteiger partial charge in [-0.15, -0.1) is 4.91 Å². The number of carbonyl (C=O) groups excluding carboxylic acids is 1. The van der Waals surface area contributed by atoms with Gasteiger partial charge in [0.05, 0.1) is 0 Å². The Labute approximate surface area is 113 Å². The summed E-state index contributed by atoms with van der Waals surface area (Å²) in [5.74, 6) is -1.17. The molecule has 0 spiro atoms. The highest BCUT2D eigenvalue weighted by Gasteiger charge is 2.11. The molecule has 0 radical (unpaired) electrons. The number of hydrogen-bond donors (Lipinski definition) is 3. The second-order valence-electron chi connectivity index (χ2n) is 4.22. The molecular formula is C14H11NO5. The first-order valence-corrected chi connectivity index (χ1v) is 5.71. The lowest BCUT2D eigenvalue weighted by molar-refractivity contribution is 0.0993. The largest absolute Gasteiger partial charge is 0.506 e. The molecular weight excluding hydrogens is 262 g/mol. The van der Waals surface area contributed by atoms with Crippen LogP contribution in [0.5, 0.6) is 17.2 Å². The van der Waals surface area contributed by atoms with E-state index in [4.69, 9.17) is 0 Å². The number of hydrogen-bond acceptors (Lipinski definition) is 6. The van der Waals surface area contributed by atoms with Gasteiger partial charge in [0.15, 0.2) is 17.3 Å². The van der Waals surface area contributed by atoms with Crippen molar-refractivity contribution >= 4 is 11.5 Å². The summed E-state index contributed by atoms with van der Waals surface area (Å²) in [4.78, 5) is 22.5. The van der Waals surface area contributed by atoms with Gasteiger partial charge in [-0.3, -0.25) is 4.79 Å². The lowest BCUT2D eigenvalue weighted by atomic mass is 10.0. The first-order chi connectivity index (χ1) is 9.51. The lowest BCUT2D eigenvalue weighted by Gasteiger charge is -2.04. The van der Waals surface area contributed by atoms with E-state index < -0.39 is 0 Å². The molecule has 0 heterocycles.